The van der Waals surface area contributed by atoms with Gasteiger partial charge in [0, 0.05) is 19.2 Å². The van der Waals surface area contributed by atoms with Gasteiger partial charge in [0.25, 0.3) is 0 Å². The van der Waals surface area contributed by atoms with E-state index in [1.807, 2.05) is 18.2 Å². The monoisotopic (exact) mass is 291 g/mol. The van der Waals surface area contributed by atoms with Crippen molar-refractivity contribution in [2.24, 2.45) is 0 Å². The number of ether oxygens (including phenoxy) is 2. The molecule has 1 aromatic carbocycles. The maximum atomic E-state index is 5.46. The molecule has 0 radical (unpaired) electrons. The number of H-pyrrole nitrogens is 1. The van der Waals surface area contributed by atoms with Crippen LogP contribution < -0.4 is 10.1 Å². The average Bonchev–Trinajstić information content (AvgIpc) is 2.86. The third-order valence-corrected chi connectivity index (χ3v) is 3.71. The summed E-state index contributed by atoms with van der Waals surface area (Å²) >= 11 is 0. The first kappa shape index (κ1) is 15.8. The largest absolute Gasteiger partial charge is 0.497 e. The van der Waals surface area contributed by atoms with Crippen LogP contribution in [0.4, 0.5) is 0 Å². The smallest absolute Gasteiger partial charge is 0.121 e. The SMILES string of the molecule is COc1ccc2nc(CNC(C)CC(C)(C)OC)[nH]c2c1. The Labute approximate surface area is 126 Å². The van der Waals surface area contributed by atoms with Crippen molar-refractivity contribution < 1.29 is 9.47 Å². The van der Waals surface area contributed by atoms with E-state index in [1.165, 1.54) is 0 Å². The van der Waals surface area contributed by atoms with Crippen LogP contribution in [0, 0.1) is 0 Å². The first-order valence-corrected chi connectivity index (χ1v) is 7.24. The number of aromatic amines is 1. The van der Waals surface area contributed by atoms with Gasteiger partial charge in [-0.3, -0.25) is 0 Å². The zero-order valence-electron chi connectivity index (χ0n) is 13.5. The quantitative estimate of drug-likeness (QED) is 0.823. The first-order chi connectivity index (χ1) is 9.93. The van der Waals surface area contributed by atoms with Gasteiger partial charge >= 0.3 is 0 Å². The topological polar surface area (TPSA) is 59.2 Å². The number of nitrogens with zero attached hydrogens (tertiary/aromatic N) is 1. The summed E-state index contributed by atoms with van der Waals surface area (Å²) in [5.74, 6) is 1.76. The van der Waals surface area contributed by atoms with Crippen LogP contribution in [0.3, 0.4) is 0 Å². The molecule has 21 heavy (non-hydrogen) atoms. The van der Waals surface area contributed by atoms with E-state index in [2.05, 4.69) is 36.1 Å². The average molecular weight is 291 g/mol. The molecule has 5 heteroatoms. The summed E-state index contributed by atoms with van der Waals surface area (Å²) in [6.07, 6.45) is 0.942. The van der Waals surface area contributed by atoms with Crippen molar-refractivity contribution >= 4 is 11.0 Å². The Morgan fingerprint density at radius 3 is 2.76 bits per heavy atom. The molecule has 116 valence electrons. The van der Waals surface area contributed by atoms with Crippen LogP contribution in [0.2, 0.25) is 0 Å². The lowest BCUT2D eigenvalue weighted by Crippen LogP contribution is -2.35. The van der Waals surface area contributed by atoms with Gasteiger partial charge in [-0.05, 0) is 39.3 Å². The molecule has 0 fully saturated rings. The zero-order valence-corrected chi connectivity index (χ0v) is 13.5. The minimum atomic E-state index is -0.117. The van der Waals surface area contributed by atoms with Crippen molar-refractivity contribution in [2.75, 3.05) is 14.2 Å². The summed E-state index contributed by atoms with van der Waals surface area (Å²) in [5.41, 5.74) is 1.83. The number of hydrogen-bond donors (Lipinski definition) is 2. The van der Waals surface area contributed by atoms with Gasteiger partial charge < -0.3 is 19.8 Å². The van der Waals surface area contributed by atoms with Gasteiger partial charge in [0.15, 0.2) is 0 Å². The zero-order chi connectivity index (χ0) is 15.5. The Kier molecular flexibility index (Phi) is 4.85. The highest BCUT2D eigenvalue weighted by Crippen LogP contribution is 2.19. The lowest BCUT2D eigenvalue weighted by molar-refractivity contribution is 0.00840. The Morgan fingerprint density at radius 1 is 1.33 bits per heavy atom. The van der Waals surface area contributed by atoms with Crippen molar-refractivity contribution in [2.45, 2.75) is 45.4 Å². The highest BCUT2D eigenvalue weighted by Gasteiger charge is 2.20. The fourth-order valence-electron chi connectivity index (χ4n) is 2.42. The van der Waals surface area contributed by atoms with Crippen molar-refractivity contribution in [1.29, 1.82) is 0 Å². The Morgan fingerprint density at radius 2 is 2.10 bits per heavy atom. The van der Waals surface area contributed by atoms with E-state index in [0.29, 0.717) is 12.6 Å². The molecule has 1 heterocycles. The molecule has 0 aliphatic heterocycles. The van der Waals surface area contributed by atoms with Gasteiger partial charge in [0.05, 0.1) is 30.3 Å². The Balaban J connectivity index is 1.97. The predicted octanol–water partition coefficient (Wildman–Crippen LogP) is 2.86. The van der Waals surface area contributed by atoms with Crippen LogP contribution in [0.1, 0.15) is 33.0 Å². The van der Waals surface area contributed by atoms with Crippen molar-refractivity contribution in [1.82, 2.24) is 15.3 Å². The second kappa shape index (κ2) is 6.45. The van der Waals surface area contributed by atoms with E-state index in [-0.39, 0.29) is 5.60 Å². The van der Waals surface area contributed by atoms with Crippen molar-refractivity contribution in [3.05, 3.63) is 24.0 Å². The van der Waals surface area contributed by atoms with Crippen LogP contribution in [-0.4, -0.2) is 35.8 Å². The summed E-state index contributed by atoms with van der Waals surface area (Å²) in [5, 5.41) is 3.47. The van der Waals surface area contributed by atoms with Crippen LogP contribution in [0.25, 0.3) is 11.0 Å². The van der Waals surface area contributed by atoms with Crippen LogP contribution in [0.15, 0.2) is 18.2 Å². The number of rotatable bonds is 7. The molecule has 1 atom stereocenters. The minimum Gasteiger partial charge on any atom is -0.497 e. The lowest BCUT2D eigenvalue weighted by Gasteiger charge is -2.26. The van der Waals surface area contributed by atoms with E-state index < -0.39 is 0 Å². The third-order valence-electron chi connectivity index (χ3n) is 3.71. The fraction of sp³-hybridized carbons (Fsp3) is 0.562. The number of imidazole rings is 1. The molecule has 1 aromatic heterocycles. The molecule has 2 N–H and O–H groups in total. The van der Waals surface area contributed by atoms with Crippen LogP contribution in [-0.2, 0) is 11.3 Å². The van der Waals surface area contributed by atoms with Gasteiger partial charge in [-0.15, -0.1) is 0 Å². The summed E-state index contributed by atoms with van der Waals surface area (Å²) < 4.78 is 10.7. The van der Waals surface area contributed by atoms with Crippen molar-refractivity contribution in [3.63, 3.8) is 0 Å². The highest BCUT2D eigenvalue weighted by molar-refractivity contribution is 5.76. The minimum absolute atomic E-state index is 0.117. The molecule has 0 saturated carbocycles. The van der Waals surface area contributed by atoms with Crippen LogP contribution >= 0.6 is 0 Å². The number of benzene rings is 1. The molecule has 2 rings (SSSR count). The first-order valence-electron chi connectivity index (χ1n) is 7.24. The van der Waals surface area contributed by atoms with E-state index in [0.717, 1.165) is 29.0 Å². The number of fused-ring (bicyclic) bond motifs is 1. The van der Waals surface area contributed by atoms with E-state index in [4.69, 9.17) is 9.47 Å². The molecule has 0 bridgehead atoms. The molecule has 0 amide bonds. The summed E-state index contributed by atoms with van der Waals surface area (Å²) in [7, 11) is 3.42. The molecule has 5 nitrogen and oxygen atoms in total. The van der Waals surface area contributed by atoms with E-state index in [1.54, 1.807) is 14.2 Å². The predicted molar refractivity (Wildman–Crippen MR) is 84.7 cm³/mol. The van der Waals surface area contributed by atoms with E-state index in [9.17, 15) is 0 Å². The Bertz CT molecular complexity index is 592. The molecule has 2 aromatic rings. The second-order valence-corrected chi connectivity index (χ2v) is 6.02. The molecular formula is C16H25N3O2. The summed E-state index contributed by atoms with van der Waals surface area (Å²) in [4.78, 5) is 7.89. The van der Waals surface area contributed by atoms with Gasteiger partial charge in [0.2, 0.25) is 0 Å². The van der Waals surface area contributed by atoms with Gasteiger partial charge in [-0.2, -0.15) is 0 Å². The standard InChI is InChI=1S/C16H25N3O2/c1-11(9-16(2,3)21-5)17-10-15-18-13-7-6-12(20-4)8-14(13)19-15/h6-8,11,17H,9-10H2,1-5H3,(H,18,19). The second-order valence-electron chi connectivity index (χ2n) is 6.02. The van der Waals surface area contributed by atoms with Crippen LogP contribution in [0.5, 0.6) is 5.75 Å². The molecule has 0 aliphatic carbocycles. The molecule has 1 unspecified atom stereocenters. The normalized spacial score (nSPS) is 13.6. The summed E-state index contributed by atoms with van der Waals surface area (Å²) in [6, 6.07) is 6.20. The Hall–Kier alpha value is -1.59. The maximum Gasteiger partial charge on any atom is 0.121 e. The summed E-state index contributed by atoms with van der Waals surface area (Å²) in [6.45, 7) is 7.06. The third kappa shape index (κ3) is 4.19. The fourth-order valence-corrected chi connectivity index (χ4v) is 2.42. The number of aromatic nitrogens is 2. The molecule has 0 aliphatic rings. The van der Waals surface area contributed by atoms with Crippen molar-refractivity contribution in [3.8, 4) is 5.75 Å². The maximum absolute atomic E-state index is 5.46. The molecule has 0 saturated heterocycles. The number of methoxy groups -OCH3 is 2. The number of nitrogens with one attached hydrogen (secondary N) is 2. The highest BCUT2D eigenvalue weighted by atomic mass is 16.5. The lowest BCUT2D eigenvalue weighted by atomic mass is 10.00. The van der Waals surface area contributed by atoms with Gasteiger partial charge in [-0.1, -0.05) is 0 Å². The molecular weight excluding hydrogens is 266 g/mol. The molecule has 0 spiro atoms. The van der Waals surface area contributed by atoms with Gasteiger partial charge in [-0.25, -0.2) is 4.98 Å². The van der Waals surface area contributed by atoms with E-state index >= 15 is 0 Å². The van der Waals surface area contributed by atoms with Gasteiger partial charge in [0.1, 0.15) is 11.6 Å². The number of hydrogen-bond acceptors (Lipinski definition) is 4.